The summed E-state index contributed by atoms with van der Waals surface area (Å²) >= 11 is 0. The van der Waals surface area contributed by atoms with Gasteiger partial charge in [-0.25, -0.2) is 4.79 Å². The van der Waals surface area contributed by atoms with E-state index < -0.39 is 11.9 Å². The van der Waals surface area contributed by atoms with Crippen LogP contribution in [0.1, 0.15) is 41.6 Å². The number of carboxylic acid groups (broad SMARTS) is 1. The number of hydrogen-bond donors (Lipinski definition) is 4. The summed E-state index contributed by atoms with van der Waals surface area (Å²) in [5, 5.41) is 14.5. The third-order valence-electron chi connectivity index (χ3n) is 4.16. The number of carbonyl (C=O) groups is 3. The average Bonchev–Trinajstić information content (AvgIpc) is 2.47. The zero-order valence-corrected chi connectivity index (χ0v) is 13.0. The monoisotopic (exact) mass is 319 g/mol. The van der Waals surface area contributed by atoms with Crippen molar-refractivity contribution in [2.45, 2.75) is 38.6 Å². The molecule has 0 unspecified atom stereocenters. The summed E-state index contributed by atoms with van der Waals surface area (Å²) in [5.41, 5.74) is 6.93. The normalized spacial score (nSPS) is 20.6. The first-order chi connectivity index (χ1) is 10.9. The molecule has 0 radical (unpaired) electrons. The van der Waals surface area contributed by atoms with E-state index in [1.807, 2.05) is 0 Å². The van der Waals surface area contributed by atoms with Gasteiger partial charge in [0, 0.05) is 17.3 Å². The summed E-state index contributed by atoms with van der Waals surface area (Å²) < 4.78 is 0. The molecule has 0 spiro atoms. The van der Waals surface area contributed by atoms with Crippen molar-refractivity contribution >= 4 is 23.6 Å². The number of nitrogens with one attached hydrogen (secondary N) is 2. The van der Waals surface area contributed by atoms with Crippen LogP contribution >= 0.6 is 0 Å². The SMILES string of the molecule is Cc1cc(NC(=O)NC2CCC(C(=O)O)CC2)ccc1C(N)=O. The molecule has 1 aliphatic carbocycles. The van der Waals surface area contributed by atoms with Crippen molar-refractivity contribution in [2.24, 2.45) is 11.7 Å². The molecular weight excluding hydrogens is 298 g/mol. The van der Waals surface area contributed by atoms with Gasteiger partial charge >= 0.3 is 12.0 Å². The second-order valence-corrected chi connectivity index (χ2v) is 5.88. The van der Waals surface area contributed by atoms with Gasteiger partial charge in [-0.2, -0.15) is 0 Å². The highest BCUT2D eigenvalue weighted by molar-refractivity contribution is 5.96. The van der Waals surface area contributed by atoms with Crippen LogP contribution in [0.3, 0.4) is 0 Å². The molecule has 7 heteroatoms. The van der Waals surface area contributed by atoms with E-state index in [1.165, 1.54) is 0 Å². The lowest BCUT2D eigenvalue weighted by molar-refractivity contribution is -0.142. The Labute approximate surface area is 134 Å². The van der Waals surface area contributed by atoms with Crippen LogP contribution in [0, 0.1) is 12.8 Å². The number of aryl methyl sites for hydroxylation is 1. The number of aliphatic carboxylic acids is 1. The Balaban J connectivity index is 1.87. The van der Waals surface area contributed by atoms with Crippen LogP contribution in [0.5, 0.6) is 0 Å². The zero-order valence-electron chi connectivity index (χ0n) is 13.0. The molecule has 0 bridgehead atoms. The first kappa shape index (κ1) is 16.8. The molecule has 0 aromatic heterocycles. The standard InChI is InChI=1S/C16H21N3O4/c1-9-8-12(6-7-13(9)14(17)20)19-16(23)18-11-4-2-10(3-5-11)15(21)22/h6-8,10-11H,2-5H2,1H3,(H2,17,20)(H,21,22)(H2,18,19,23). The highest BCUT2D eigenvalue weighted by atomic mass is 16.4. The first-order valence-corrected chi connectivity index (χ1v) is 7.57. The Morgan fingerprint density at radius 1 is 1.17 bits per heavy atom. The summed E-state index contributed by atoms with van der Waals surface area (Å²) in [6.45, 7) is 1.75. The van der Waals surface area contributed by atoms with Crippen LogP contribution in [-0.4, -0.2) is 29.1 Å². The van der Waals surface area contributed by atoms with Gasteiger partial charge in [0.05, 0.1) is 5.92 Å². The number of urea groups is 1. The molecule has 23 heavy (non-hydrogen) atoms. The van der Waals surface area contributed by atoms with Gasteiger partial charge in [-0.05, 0) is 56.4 Å². The van der Waals surface area contributed by atoms with E-state index >= 15 is 0 Å². The summed E-state index contributed by atoms with van der Waals surface area (Å²) in [5.74, 6) is -1.58. The molecule has 124 valence electrons. The van der Waals surface area contributed by atoms with Crippen molar-refractivity contribution in [1.29, 1.82) is 0 Å². The number of anilines is 1. The molecule has 2 rings (SSSR count). The fourth-order valence-corrected chi connectivity index (χ4v) is 2.86. The third-order valence-corrected chi connectivity index (χ3v) is 4.16. The van der Waals surface area contributed by atoms with Gasteiger partial charge in [0.2, 0.25) is 5.91 Å². The average molecular weight is 319 g/mol. The minimum atomic E-state index is -0.766. The number of carboxylic acids is 1. The molecule has 5 N–H and O–H groups in total. The molecule has 0 heterocycles. The van der Waals surface area contributed by atoms with Crippen molar-refractivity contribution in [3.63, 3.8) is 0 Å². The molecule has 0 aliphatic heterocycles. The molecular formula is C16H21N3O4. The number of benzene rings is 1. The van der Waals surface area contributed by atoms with Gasteiger partial charge < -0.3 is 21.5 Å². The molecule has 3 amide bonds. The Bertz CT molecular complexity index is 622. The maximum absolute atomic E-state index is 12.0. The Morgan fingerprint density at radius 3 is 2.35 bits per heavy atom. The lowest BCUT2D eigenvalue weighted by Gasteiger charge is -2.26. The number of nitrogens with two attached hydrogens (primary N) is 1. The number of primary amides is 1. The molecule has 1 aromatic rings. The van der Waals surface area contributed by atoms with Gasteiger partial charge in [-0.3, -0.25) is 9.59 Å². The maximum Gasteiger partial charge on any atom is 0.319 e. The Kier molecular flexibility index (Phi) is 5.20. The molecule has 0 atom stereocenters. The topological polar surface area (TPSA) is 122 Å². The summed E-state index contributed by atoms with van der Waals surface area (Å²) in [7, 11) is 0. The maximum atomic E-state index is 12.0. The van der Waals surface area contributed by atoms with Crippen molar-refractivity contribution in [1.82, 2.24) is 5.32 Å². The van der Waals surface area contributed by atoms with Crippen molar-refractivity contribution in [3.8, 4) is 0 Å². The fourth-order valence-electron chi connectivity index (χ4n) is 2.86. The van der Waals surface area contributed by atoms with Gasteiger partial charge in [0.1, 0.15) is 0 Å². The van der Waals surface area contributed by atoms with E-state index in [4.69, 9.17) is 10.8 Å². The van der Waals surface area contributed by atoms with Gasteiger partial charge in [-0.1, -0.05) is 0 Å². The third kappa shape index (κ3) is 4.45. The van der Waals surface area contributed by atoms with Crippen molar-refractivity contribution in [2.75, 3.05) is 5.32 Å². The predicted molar refractivity (Wildman–Crippen MR) is 85.2 cm³/mol. The Hall–Kier alpha value is -2.57. The lowest BCUT2D eigenvalue weighted by atomic mass is 9.86. The van der Waals surface area contributed by atoms with Gasteiger partial charge in [-0.15, -0.1) is 0 Å². The second kappa shape index (κ2) is 7.13. The van der Waals surface area contributed by atoms with E-state index in [9.17, 15) is 14.4 Å². The Morgan fingerprint density at radius 2 is 1.83 bits per heavy atom. The lowest BCUT2D eigenvalue weighted by Crippen LogP contribution is -2.41. The molecule has 1 saturated carbocycles. The number of rotatable bonds is 4. The summed E-state index contributed by atoms with van der Waals surface area (Å²) in [4.78, 5) is 34.1. The van der Waals surface area contributed by atoms with Crippen molar-refractivity contribution < 1.29 is 19.5 Å². The van der Waals surface area contributed by atoms with E-state index in [2.05, 4.69) is 10.6 Å². The van der Waals surface area contributed by atoms with Crippen LogP contribution < -0.4 is 16.4 Å². The molecule has 1 fully saturated rings. The van der Waals surface area contributed by atoms with Crippen molar-refractivity contribution in [3.05, 3.63) is 29.3 Å². The van der Waals surface area contributed by atoms with Crippen LogP contribution in [-0.2, 0) is 4.79 Å². The van der Waals surface area contributed by atoms with Crippen LogP contribution in [0.2, 0.25) is 0 Å². The van der Waals surface area contributed by atoms with Gasteiger partial charge in [0.15, 0.2) is 0 Å². The van der Waals surface area contributed by atoms with Crippen LogP contribution in [0.15, 0.2) is 18.2 Å². The van der Waals surface area contributed by atoms with E-state index in [1.54, 1.807) is 25.1 Å². The predicted octanol–water partition coefficient (Wildman–Crippen LogP) is 1.86. The quantitative estimate of drug-likeness (QED) is 0.676. The molecule has 1 aliphatic rings. The highest BCUT2D eigenvalue weighted by Crippen LogP contribution is 2.24. The largest absolute Gasteiger partial charge is 0.481 e. The summed E-state index contributed by atoms with van der Waals surface area (Å²) in [6.07, 6.45) is 2.47. The van der Waals surface area contributed by atoms with Crippen LogP contribution in [0.4, 0.5) is 10.5 Å². The summed E-state index contributed by atoms with van der Waals surface area (Å²) in [6, 6.07) is 4.52. The number of amides is 3. The molecule has 0 saturated heterocycles. The van der Waals surface area contributed by atoms with E-state index in [-0.39, 0.29) is 18.0 Å². The molecule has 1 aromatic carbocycles. The molecule has 7 nitrogen and oxygen atoms in total. The smallest absolute Gasteiger partial charge is 0.319 e. The first-order valence-electron chi connectivity index (χ1n) is 7.57. The van der Waals surface area contributed by atoms with E-state index in [0.29, 0.717) is 42.5 Å². The number of carbonyl (C=O) groups excluding carboxylic acids is 2. The fraction of sp³-hybridized carbons (Fsp3) is 0.438. The second-order valence-electron chi connectivity index (χ2n) is 5.88. The minimum absolute atomic E-state index is 0.0170. The number of hydrogen-bond acceptors (Lipinski definition) is 3. The van der Waals surface area contributed by atoms with Crippen LogP contribution in [0.25, 0.3) is 0 Å². The zero-order chi connectivity index (χ0) is 17.0. The van der Waals surface area contributed by atoms with Gasteiger partial charge in [0.25, 0.3) is 0 Å². The minimum Gasteiger partial charge on any atom is -0.481 e. The highest BCUT2D eigenvalue weighted by Gasteiger charge is 2.26. The van der Waals surface area contributed by atoms with E-state index in [0.717, 1.165) is 0 Å².